The Morgan fingerprint density at radius 3 is 2.65 bits per heavy atom. The molecule has 2 heteroatoms. The van der Waals surface area contributed by atoms with Gasteiger partial charge in [0.15, 0.2) is 0 Å². The van der Waals surface area contributed by atoms with Crippen molar-refractivity contribution in [3.63, 3.8) is 0 Å². The minimum Gasteiger partial charge on any atom is -0.391 e. The Kier molecular flexibility index (Phi) is 3.17. The highest BCUT2D eigenvalue weighted by Crippen LogP contribution is 2.34. The number of aliphatic hydroxyl groups excluding tert-OH is 1. The molecule has 0 radical (unpaired) electrons. The third kappa shape index (κ3) is 2.32. The smallest absolute Gasteiger partial charge is 0.0766 e. The summed E-state index contributed by atoms with van der Waals surface area (Å²) in [6, 6.07) is 6.40. The number of aliphatic hydroxyl groups is 1. The van der Waals surface area contributed by atoms with Crippen molar-refractivity contribution in [3.05, 3.63) is 29.3 Å². The number of hydrogen-bond donors (Lipinski definition) is 1. The van der Waals surface area contributed by atoms with Crippen molar-refractivity contribution >= 4 is 5.69 Å². The van der Waals surface area contributed by atoms with E-state index in [2.05, 4.69) is 50.8 Å². The highest BCUT2D eigenvalue weighted by atomic mass is 16.3. The number of aryl methyl sites for hydroxylation is 1. The minimum absolute atomic E-state index is 0.0498. The van der Waals surface area contributed by atoms with Crippen LogP contribution in [0.4, 0.5) is 5.69 Å². The summed E-state index contributed by atoms with van der Waals surface area (Å²) in [7, 11) is 0. The Labute approximate surface area is 104 Å². The second kappa shape index (κ2) is 4.34. The first-order valence-electron chi connectivity index (χ1n) is 6.41. The first-order chi connectivity index (χ1) is 7.92. The fourth-order valence-electron chi connectivity index (χ4n) is 2.43. The van der Waals surface area contributed by atoms with Gasteiger partial charge in [0, 0.05) is 18.8 Å². The molecule has 0 bridgehead atoms. The number of hydrogen-bond acceptors (Lipinski definition) is 2. The highest BCUT2D eigenvalue weighted by Gasteiger charge is 2.34. The molecule has 1 atom stereocenters. The zero-order valence-electron chi connectivity index (χ0n) is 11.3. The fourth-order valence-corrected chi connectivity index (χ4v) is 2.43. The van der Waals surface area contributed by atoms with Gasteiger partial charge in [-0.05, 0) is 42.9 Å². The normalized spacial score (nSPS) is 23.8. The summed E-state index contributed by atoms with van der Waals surface area (Å²) in [5, 5.41) is 10.2. The predicted molar refractivity (Wildman–Crippen MR) is 72.5 cm³/mol. The number of benzene rings is 1. The van der Waals surface area contributed by atoms with E-state index in [1.165, 1.54) is 16.8 Å². The molecule has 0 spiro atoms. The highest BCUT2D eigenvalue weighted by molar-refractivity contribution is 5.56. The topological polar surface area (TPSA) is 23.5 Å². The van der Waals surface area contributed by atoms with E-state index < -0.39 is 0 Å². The molecule has 1 aliphatic rings. The number of piperidine rings is 1. The number of nitrogens with zero attached hydrogens (tertiary/aromatic N) is 1. The minimum atomic E-state index is -0.240. The zero-order chi connectivity index (χ0) is 12.6. The van der Waals surface area contributed by atoms with E-state index in [-0.39, 0.29) is 11.5 Å². The maximum Gasteiger partial charge on any atom is 0.0766 e. The molecule has 17 heavy (non-hydrogen) atoms. The SMILES string of the molecule is Cc1cccc(N2CCC(C)(C)C(O)C2)c1C. The molecular weight excluding hydrogens is 210 g/mol. The lowest BCUT2D eigenvalue weighted by Gasteiger charge is -2.42. The molecule has 94 valence electrons. The Hall–Kier alpha value is -1.02. The molecule has 0 aromatic heterocycles. The van der Waals surface area contributed by atoms with Gasteiger partial charge in [0.05, 0.1) is 6.10 Å². The van der Waals surface area contributed by atoms with Crippen LogP contribution in [0.25, 0.3) is 0 Å². The second-order valence-corrected chi connectivity index (χ2v) is 5.92. The van der Waals surface area contributed by atoms with Crippen LogP contribution in [0.15, 0.2) is 18.2 Å². The van der Waals surface area contributed by atoms with Crippen molar-refractivity contribution in [2.75, 3.05) is 18.0 Å². The Morgan fingerprint density at radius 1 is 1.29 bits per heavy atom. The lowest BCUT2D eigenvalue weighted by atomic mass is 9.80. The Morgan fingerprint density at radius 2 is 2.00 bits per heavy atom. The third-order valence-electron chi connectivity index (χ3n) is 4.24. The number of anilines is 1. The van der Waals surface area contributed by atoms with Gasteiger partial charge in [-0.25, -0.2) is 0 Å². The lowest BCUT2D eigenvalue weighted by Crippen LogP contribution is -2.48. The van der Waals surface area contributed by atoms with Gasteiger partial charge in [-0.3, -0.25) is 0 Å². The average molecular weight is 233 g/mol. The largest absolute Gasteiger partial charge is 0.391 e. The standard InChI is InChI=1S/C15H23NO/c1-11-6-5-7-13(12(11)2)16-9-8-15(3,4)14(17)10-16/h5-7,14,17H,8-10H2,1-4H3. The summed E-state index contributed by atoms with van der Waals surface area (Å²) in [5.41, 5.74) is 3.98. The van der Waals surface area contributed by atoms with Crippen LogP contribution in [-0.2, 0) is 0 Å². The van der Waals surface area contributed by atoms with Crippen LogP contribution in [0.2, 0.25) is 0 Å². The first kappa shape index (κ1) is 12.4. The van der Waals surface area contributed by atoms with Gasteiger partial charge >= 0.3 is 0 Å². The maximum atomic E-state index is 10.2. The summed E-state index contributed by atoms with van der Waals surface area (Å²) in [5.74, 6) is 0. The molecule has 1 fully saturated rings. The molecule has 0 saturated carbocycles. The second-order valence-electron chi connectivity index (χ2n) is 5.92. The van der Waals surface area contributed by atoms with Crippen LogP contribution in [0.5, 0.6) is 0 Å². The van der Waals surface area contributed by atoms with E-state index in [4.69, 9.17) is 0 Å². The molecule has 1 unspecified atom stereocenters. The maximum absolute atomic E-state index is 10.2. The van der Waals surface area contributed by atoms with E-state index in [1.807, 2.05) is 0 Å². The molecule has 1 N–H and O–H groups in total. The van der Waals surface area contributed by atoms with Crippen molar-refractivity contribution in [2.24, 2.45) is 5.41 Å². The van der Waals surface area contributed by atoms with Gasteiger partial charge in [0.25, 0.3) is 0 Å². The molecule has 1 heterocycles. The average Bonchev–Trinajstić information content (AvgIpc) is 2.26. The third-order valence-corrected chi connectivity index (χ3v) is 4.24. The summed E-state index contributed by atoms with van der Waals surface area (Å²) in [6.07, 6.45) is 0.804. The summed E-state index contributed by atoms with van der Waals surface area (Å²) in [6.45, 7) is 10.4. The molecule has 0 aliphatic carbocycles. The monoisotopic (exact) mass is 233 g/mol. The molecule has 0 amide bonds. The summed E-state index contributed by atoms with van der Waals surface area (Å²) < 4.78 is 0. The van der Waals surface area contributed by atoms with Crippen molar-refractivity contribution < 1.29 is 5.11 Å². The van der Waals surface area contributed by atoms with Crippen molar-refractivity contribution in [1.82, 2.24) is 0 Å². The van der Waals surface area contributed by atoms with Crippen molar-refractivity contribution in [1.29, 1.82) is 0 Å². The van der Waals surface area contributed by atoms with Crippen molar-refractivity contribution in [3.8, 4) is 0 Å². The van der Waals surface area contributed by atoms with Crippen LogP contribution < -0.4 is 4.90 Å². The van der Waals surface area contributed by atoms with Crippen molar-refractivity contribution in [2.45, 2.75) is 40.2 Å². The molecule has 2 nitrogen and oxygen atoms in total. The summed E-state index contributed by atoms with van der Waals surface area (Å²) >= 11 is 0. The Bertz CT molecular complexity index is 411. The van der Waals surface area contributed by atoms with E-state index >= 15 is 0 Å². The van der Waals surface area contributed by atoms with Crippen LogP contribution in [0.1, 0.15) is 31.4 Å². The molecule has 1 aliphatic heterocycles. The molecule has 2 rings (SSSR count). The lowest BCUT2D eigenvalue weighted by molar-refractivity contribution is 0.0351. The van der Waals surface area contributed by atoms with E-state index in [0.717, 1.165) is 19.5 Å². The van der Waals surface area contributed by atoms with E-state index in [9.17, 15) is 5.11 Å². The molecule has 1 aromatic rings. The first-order valence-corrected chi connectivity index (χ1v) is 6.41. The number of β-amino-alcohol motifs (C(OH)–C–C–N with tert-alkyl or cyclic N) is 1. The fraction of sp³-hybridized carbons (Fsp3) is 0.600. The zero-order valence-corrected chi connectivity index (χ0v) is 11.3. The predicted octanol–water partition coefficient (Wildman–Crippen LogP) is 2.90. The van der Waals surface area contributed by atoms with Gasteiger partial charge < -0.3 is 10.0 Å². The molecular formula is C15H23NO. The Balaban J connectivity index is 2.23. The quantitative estimate of drug-likeness (QED) is 0.806. The van der Waals surface area contributed by atoms with Gasteiger partial charge in [0.1, 0.15) is 0 Å². The molecule has 1 aromatic carbocycles. The van der Waals surface area contributed by atoms with E-state index in [1.54, 1.807) is 0 Å². The summed E-state index contributed by atoms with van der Waals surface area (Å²) in [4.78, 5) is 2.32. The van der Waals surface area contributed by atoms with Gasteiger partial charge in [0.2, 0.25) is 0 Å². The van der Waals surface area contributed by atoms with Gasteiger partial charge in [-0.15, -0.1) is 0 Å². The van der Waals surface area contributed by atoms with E-state index in [0.29, 0.717) is 0 Å². The van der Waals surface area contributed by atoms with Crippen LogP contribution >= 0.6 is 0 Å². The van der Waals surface area contributed by atoms with Gasteiger partial charge in [-0.1, -0.05) is 26.0 Å². The molecule has 1 saturated heterocycles. The van der Waals surface area contributed by atoms with Crippen LogP contribution in [0, 0.1) is 19.3 Å². The van der Waals surface area contributed by atoms with Gasteiger partial charge in [-0.2, -0.15) is 0 Å². The van der Waals surface area contributed by atoms with Crippen LogP contribution in [0.3, 0.4) is 0 Å². The van der Waals surface area contributed by atoms with Crippen LogP contribution in [-0.4, -0.2) is 24.3 Å². The number of rotatable bonds is 1.